The number of benzene rings is 2. The molecule has 3 aromatic rings. The lowest BCUT2D eigenvalue weighted by atomic mass is 10.1. The van der Waals surface area contributed by atoms with Crippen LogP contribution in [0.15, 0.2) is 60.9 Å². The molecule has 1 aliphatic heterocycles. The fourth-order valence-electron chi connectivity index (χ4n) is 4.03. The molecule has 0 spiro atoms. The van der Waals surface area contributed by atoms with Gasteiger partial charge in [0.1, 0.15) is 24.6 Å². The minimum Gasteiger partial charge on any atom is -0.493 e. The maximum atomic E-state index is 6.09. The van der Waals surface area contributed by atoms with E-state index in [1.807, 2.05) is 47.3 Å². The zero-order valence-electron chi connectivity index (χ0n) is 20.2. The standard InChI is InChI=1S/C26H32ClN3O5/c1-31-25-15-21(7-8-24(25)34-14-12-30-10-4-9-28-30)17-29-11-13-33-19-26(18-29,32-2)20-35-23-6-3-5-22(27)16-23/h3-10,15-16H,11-14,17-20H2,1-2H3/t26-/m0/s1. The summed E-state index contributed by atoms with van der Waals surface area (Å²) in [5, 5.41) is 4.83. The molecule has 0 amide bonds. The van der Waals surface area contributed by atoms with Crippen molar-refractivity contribution in [2.75, 3.05) is 53.7 Å². The Balaban J connectivity index is 1.38. The first-order valence-electron chi connectivity index (χ1n) is 11.6. The van der Waals surface area contributed by atoms with Gasteiger partial charge in [-0.25, -0.2) is 0 Å². The largest absolute Gasteiger partial charge is 0.493 e. The maximum Gasteiger partial charge on any atom is 0.161 e. The van der Waals surface area contributed by atoms with Gasteiger partial charge in [0.05, 0.1) is 26.9 Å². The number of aromatic nitrogens is 2. The van der Waals surface area contributed by atoms with E-state index in [0.29, 0.717) is 61.8 Å². The van der Waals surface area contributed by atoms with E-state index in [2.05, 4.69) is 16.1 Å². The Hall–Kier alpha value is -2.78. The van der Waals surface area contributed by atoms with Crippen molar-refractivity contribution < 1.29 is 23.7 Å². The van der Waals surface area contributed by atoms with Crippen molar-refractivity contribution in [1.82, 2.24) is 14.7 Å². The van der Waals surface area contributed by atoms with Crippen LogP contribution in [0, 0.1) is 0 Å². The first kappa shape index (κ1) is 25.3. The van der Waals surface area contributed by atoms with Crippen LogP contribution in [0.4, 0.5) is 0 Å². The Morgan fingerprint density at radius 2 is 2.00 bits per heavy atom. The lowest BCUT2D eigenvalue weighted by Gasteiger charge is -2.34. The second-order valence-corrected chi connectivity index (χ2v) is 8.94. The number of hydrogen-bond donors (Lipinski definition) is 0. The van der Waals surface area contributed by atoms with Gasteiger partial charge in [0.25, 0.3) is 0 Å². The minimum absolute atomic E-state index is 0.354. The molecule has 0 saturated carbocycles. The summed E-state index contributed by atoms with van der Waals surface area (Å²) in [5.74, 6) is 2.12. The van der Waals surface area contributed by atoms with Crippen LogP contribution in [0.1, 0.15) is 5.56 Å². The van der Waals surface area contributed by atoms with Crippen LogP contribution >= 0.6 is 11.6 Å². The molecule has 8 nitrogen and oxygen atoms in total. The molecule has 0 N–H and O–H groups in total. The van der Waals surface area contributed by atoms with E-state index in [1.165, 1.54) is 0 Å². The molecule has 4 rings (SSSR count). The predicted octanol–water partition coefficient (Wildman–Crippen LogP) is 3.92. The lowest BCUT2D eigenvalue weighted by Crippen LogP contribution is -2.50. The Morgan fingerprint density at radius 1 is 1.09 bits per heavy atom. The third-order valence-electron chi connectivity index (χ3n) is 5.93. The molecule has 1 fully saturated rings. The van der Waals surface area contributed by atoms with Gasteiger partial charge < -0.3 is 23.7 Å². The summed E-state index contributed by atoms with van der Waals surface area (Å²) < 4.78 is 31.2. The molecule has 1 aliphatic rings. The van der Waals surface area contributed by atoms with Crippen LogP contribution in [0.2, 0.25) is 5.02 Å². The average molecular weight is 502 g/mol. The van der Waals surface area contributed by atoms with Crippen LogP contribution in [0.5, 0.6) is 17.2 Å². The number of halogens is 1. The van der Waals surface area contributed by atoms with Crippen molar-refractivity contribution >= 4 is 11.6 Å². The molecule has 35 heavy (non-hydrogen) atoms. The van der Waals surface area contributed by atoms with E-state index < -0.39 is 5.60 Å². The topological polar surface area (TPSA) is 67.2 Å². The van der Waals surface area contributed by atoms with Gasteiger partial charge >= 0.3 is 0 Å². The second kappa shape index (κ2) is 12.3. The lowest BCUT2D eigenvalue weighted by molar-refractivity contribution is -0.0925. The Bertz CT molecular complexity index is 1060. The van der Waals surface area contributed by atoms with E-state index in [-0.39, 0.29) is 0 Å². The molecule has 188 valence electrons. The molecule has 0 radical (unpaired) electrons. The average Bonchev–Trinajstić information content (AvgIpc) is 3.31. The highest BCUT2D eigenvalue weighted by Gasteiger charge is 2.36. The summed E-state index contributed by atoms with van der Waals surface area (Å²) in [5.41, 5.74) is 0.516. The number of methoxy groups -OCH3 is 2. The fourth-order valence-corrected chi connectivity index (χ4v) is 4.21. The third kappa shape index (κ3) is 7.11. The van der Waals surface area contributed by atoms with Gasteiger partial charge in [-0.1, -0.05) is 23.7 Å². The minimum atomic E-state index is -0.599. The van der Waals surface area contributed by atoms with Gasteiger partial charge in [0, 0.05) is 44.2 Å². The van der Waals surface area contributed by atoms with Crippen molar-refractivity contribution in [3.05, 3.63) is 71.5 Å². The zero-order valence-corrected chi connectivity index (χ0v) is 20.9. The molecule has 1 aromatic heterocycles. The normalized spacial score (nSPS) is 18.7. The third-order valence-corrected chi connectivity index (χ3v) is 6.17. The Labute approximate surface area is 211 Å². The molecule has 1 atom stereocenters. The van der Waals surface area contributed by atoms with E-state index in [0.717, 1.165) is 18.7 Å². The van der Waals surface area contributed by atoms with Crippen LogP contribution in [0.25, 0.3) is 0 Å². The van der Waals surface area contributed by atoms with E-state index in [1.54, 1.807) is 26.5 Å². The highest BCUT2D eigenvalue weighted by Crippen LogP contribution is 2.29. The number of rotatable bonds is 11. The summed E-state index contributed by atoms with van der Waals surface area (Å²) >= 11 is 6.09. The number of hydrogen-bond acceptors (Lipinski definition) is 7. The highest BCUT2D eigenvalue weighted by atomic mass is 35.5. The SMILES string of the molecule is COc1cc(CN2CCOC[C@@](COc3cccc(Cl)c3)(OC)C2)ccc1OCCn1cccn1. The van der Waals surface area contributed by atoms with Crippen molar-refractivity contribution in [1.29, 1.82) is 0 Å². The Kier molecular flexibility index (Phi) is 8.87. The van der Waals surface area contributed by atoms with Gasteiger partial charge in [-0.15, -0.1) is 0 Å². The summed E-state index contributed by atoms with van der Waals surface area (Å²) in [6, 6.07) is 15.3. The van der Waals surface area contributed by atoms with Crippen molar-refractivity contribution in [3.8, 4) is 17.2 Å². The van der Waals surface area contributed by atoms with E-state index >= 15 is 0 Å². The monoisotopic (exact) mass is 501 g/mol. The number of ether oxygens (including phenoxy) is 5. The van der Waals surface area contributed by atoms with Crippen molar-refractivity contribution in [2.45, 2.75) is 18.7 Å². The van der Waals surface area contributed by atoms with Gasteiger partial charge in [-0.2, -0.15) is 5.10 Å². The van der Waals surface area contributed by atoms with Crippen LogP contribution in [0.3, 0.4) is 0 Å². The molecule has 1 saturated heterocycles. The van der Waals surface area contributed by atoms with Gasteiger partial charge in [0.15, 0.2) is 11.5 Å². The molecule has 0 unspecified atom stereocenters. The van der Waals surface area contributed by atoms with Gasteiger partial charge in [-0.05, 0) is 42.0 Å². The van der Waals surface area contributed by atoms with E-state index in [4.69, 9.17) is 35.3 Å². The first-order valence-corrected chi connectivity index (χ1v) is 12.0. The zero-order chi connectivity index (χ0) is 24.5. The molecule has 9 heteroatoms. The summed E-state index contributed by atoms with van der Waals surface area (Å²) in [6.45, 7) is 4.76. The van der Waals surface area contributed by atoms with Crippen LogP contribution in [-0.2, 0) is 22.6 Å². The van der Waals surface area contributed by atoms with Crippen LogP contribution in [-0.4, -0.2) is 74.0 Å². The number of nitrogens with zero attached hydrogens (tertiary/aromatic N) is 3. The molecular formula is C26H32ClN3O5. The first-order chi connectivity index (χ1) is 17.1. The quantitative estimate of drug-likeness (QED) is 0.394. The van der Waals surface area contributed by atoms with E-state index in [9.17, 15) is 0 Å². The van der Waals surface area contributed by atoms with Crippen molar-refractivity contribution in [3.63, 3.8) is 0 Å². The molecular weight excluding hydrogens is 470 g/mol. The van der Waals surface area contributed by atoms with Crippen molar-refractivity contribution in [2.24, 2.45) is 0 Å². The summed E-state index contributed by atoms with van der Waals surface area (Å²) in [7, 11) is 3.36. The molecule has 0 aliphatic carbocycles. The molecule has 0 bridgehead atoms. The van der Waals surface area contributed by atoms with Gasteiger partial charge in [-0.3, -0.25) is 9.58 Å². The second-order valence-electron chi connectivity index (χ2n) is 8.50. The smallest absolute Gasteiger partial charge is 0.161 e. The predicted molar refractivity (Wildman–Crippen MR) is 133 cm³/mol. The maximum absolute atomic E-state index is 6.09. The Morgan fingerprint density at radius 3 is 2.77 bits per heavy atom. The van der Waals surface area contributed by atoms with Crippen LogP contribution < -0.4 is 14.2 Å². The fraction of sp³-hybridized carbons (Fsp3) is 0.423. The molecule has 2 aromatic carbocycles. The highest BCUT2D eigenvalue weighted by molar-refractivity contribution is 6.30. The molecule has 2 heterocycles. The van der Waals surface area contributed by atoms with Gasteiger partial charge in [0.2, 0.25) is 0 Å². The summed E-state index contributed by atoms with van der Waals surface area (Å²) in [6.07, 6.45) is 3.67. The summed E-state index contributed by atoms with van der Waals surface area (Å²) in [4.78, 5) is 2.31.